The number of hydrogen-bond acceptors (Lipinski definition) is 3. The molecule has 0 saturated carbocycles. The Kier molecular flexibility index (Phi) is 4.84. The number of amides is 1. The van der Waals surface area contributed by atoms with E-state index in [0.717, 1.165) is 61.8 Å². The lowest BCUT2D eigenvalue weighted by molar-refractivity contribution is 0.0584. The summed E-state index contributed by atoms with van der Waals surface area (Å²) >= 11 is 0. The van der Waals surface area contributed by atoms with E-state index < -0.39 is 0 Å². The molecular weight excluding hydrogens is 338 g/mol. The van der Waals surface area contributed by atoms with Crippen LogP contribution in [0.3, 0.4) is 0 Å². The maximum Gasteiger partial charge on any atom is 0.255 e. The third kappa shape index (κ3) is 3.31. The van der Waals surface area contributed by atoms with Crippen molar-refractivity contribution in [1.29, 1.82) is 0 Å². The van der Waals surface area contributed by atoms with Gasteiger partial charge in [0, 0.05) is 55.8 Å². The zero-order chi connectivity index (χ0) is 19.1. The van der Waals surface area contributed by atoms with Crippen molar-refractivity contribution < 1.29 is 4.79 Å². The van der Waals surface area contributed by atoms with E-state index in [9.17, 15) is 4.79 Å². The average Bonchev–Trinajstić information content (AvgIpc) is 3.03. The molecule has 0 aromatic carbocycles. The predicted octanol–water partition coefficient (Wildman–Crippen LogP) is 2.89. The largest absolute Gasteiger partial charge is 0.349 e. The minimum Gasteiger partial charge on any atom is -0.349 e. The van der Waals surface area contributed by atoms with Gasteiger partial charge in [0.2, 0.25) is 0 Å². The predicted molar refractivity (Wildman–Crippen MR) is 106 cm³/mol. The monoisotopic (exact) mass is 369 g/mol. The van der Waals surface area contributed by atoms with Gasteiger partial charge in [0.25, 0.3) is 5.91 Å². The summed E-state index contributed by atoms with van der Waals surface area (Å²) in [6.07, 6.45) is 4.11. The van der Waals surface area contributed by atoms with Crippen LogP contribution in [0.1, 0.15) is 52.9 Å². The van der Waals surface area contributed by atoms with Crippen LogP contribution in [-0.2, 0) is 13.1 Å². The van der Waals surface area contributed by atoms with Gasteiger partial charge >= 0.3 is 0 Å². The molecule has 0 unspecified atom stereocenters. The molecule has 5 heterocycles. The molecule has 6 heteroatoms. The highest BCUT2D eigenvalue weighted by molar-refractivity contribution is 5.96. The van der Waals surface area contributed by atoms with Crippen LogP contribution in [0.4, 0.5) is 0 Å². The van der Waals surface area contributed by atoms with Crippen LogP contribution in [0.25, 0.3) is 0 Å². The van der Waals surface area contributed by atoms with Gasteiger partial charge in [-0.1, -0.05) is 0 Å². The molecule has 3 fully saturated rings. The number of carbonyl (C=O) groups is 1. The number of H-pyrrole nitrogens is 1. The SMILES string of the molecule is CCn1c(C)cc(C(=O)N2C[C@H]3CC[C@@H]2CN(Cc2nc[nH]c2C)C3)c1C. The highest BCUT2D eigenvalue weighted by Crippen LogP contribution is 2.31. The number of rotatable bonds is 4. The second-order valence-electron chi connectivity index (χ2n) is 8.25. The average molecular weight is 370 g/mol. The summed E-state index contributed by atoms with van der Waals surface area (Å²) in [7, 11) is 0. The first-order valence-electron chi connectivity index (χ1n) is 10.2. The zero-order valence-electron chi connectivity index (χ0n) is 17.0. The molecule has 3 saturated heterocycles. The number of nitrogens with one attached hydrogen (secondary N) is 1. The van der Waals surface area contributed by atoms with Crippen LogP contribution < -0.4 is 0 Å². The fourth-order valence-corrected chi connectivity index (χ4v) is 4.97. The normalized spacial score (nSPS) is 23.0. The molecule has 3 aliphatic heterocycles. The Morgan fingerprint density at radius 1 is 1.22 bits per heavy atom. The van der Waals surface area contributed by atoms with Crippen molar-refractivity contribution in [3.05, 3.63) is 40.7 Å². The molecule has 0 radical (unpaired) electrons. The number of hydrogen-bond donors (Lipinski definition) is 1. The van der Waals surface area contributed by atoms with Gasteiger partial charge in [-0.15, -0.1) is 0 Å². The number of nitrogens with zero attached hydrogens (tertiary/aromatic N) is 4. The maximum atomic E-state index is 13.4. The van der Waals surface area contributed by atoms with Crippen molar-refractivity contribution in [2.75, 3.05) is 19.6 Å². The lowest BCUT2D eigenvalue weighted by Gasteiger charge is -2.36. The van der Waals surface area contributed by atoms with E-state index in [1.807, 2.05) is 0 Å². The zero-order valence-corrected chi connectivity index (χ0v) is 17.0. The van der Waals surface area contributed by atoms with Crippen molar-refractivity contribution in [3.8, 4) is 0 Å². The van der Waals surface area contributed by atoms with E-state index in [4.69, 9.17) is 0 Å². The molecule has 2 atom stereocenters. The lowest BCUT2D eigenvalue weighted by atomic mass is 9.94. The Morgan fingerprint density at radius 2 is 2.04 bits per heavy atom. The van der Waals surface area contributed by atoms with Gasteiger partial charge in [-0.05, 0) is 52.5 Å². The molecule has 0 spiro atoms. The van der Waals surface area contributed by atoms with E-state index >= 15 is 0 Å². The Hall–Kier alpha value is -2.08. The Balaban J connectivity index is 1.54. The first kappa shape index (κ1) is 18.3. The van der Waals surface area contributed by atoms with Crippen LogP contribution in [0.2, 0.25) is 0 Å². The molecule has 3 aliphatic rings. The number of carbonyl (C=O) groups excluding carboxylic acids is 1. The van der Waals surface area contributed by atoms with Gasteiger partial charge in [0.15, 0.2) is 0 Å². The second kappa shape index (κ2) is 7.15. The molecule has 27 heavy (non-hydrogen) atoms. The summed E-state index contributed by atoms with van der Waals surface area (Å²) in [6.45, 7) is 13.0. The molecular formula is C21H31N5O. The van der Waals surface area contributed by atoms with Crippen molar-refractivity contribution in [1.82, 2.24) is 24.3 Å². The minimum absolute atomic E-state index is 0.218. The second-order valence-corrected chi connectivity index (χ2v) is 8.25. The molecule has 0 aliphatic carbocycles. The van der Waals surface area contributed by atoms with E-state index in [2.05, 4.69) is 58.1 Å². The van der Waals surface area contributed by atoms with Crippen LogP contribution in [-0.4, -0.2) is 55.9 Å². The molecule has 6 nitrogen and oxygen atoms in total. The van der Waals surface area contributed by atoms with Gasteiger partial charge in [0.1, 0.15) is 0 Å². The number of aryl methyl sites for hydroxylation is 2. The summed E-state index contributed by atoms with van der Waals surface area (Å²) in [5.74, 6) is 0.775. The third-order valence-electron chi connectivity index (χ3n) is 6.48. The smallest absolute Gasteiger partial charge is 0.255 e. The molecule has 1 amide bonds. The maximum absolute atomic E-state index is 13.4. The standard InChI is InChI=1S/C21H31N5O/c1-5-25-14(2)8-19(16(25)4)21(27)26-10-17-6-7-18(26)11-24(9-17)12-20-15(3)22-13-23-20/h8,13,17-18H,5-7,9-12H2,1-4H3,(H,22,23)/t17-,18+/m0/s1. The molecule has 146 valence electrons. The van der Waals surface area contributed by atoms with Crippen LogP contribution in [0, 0.1) is 26.7 Å². The summed E-state index contributed by atoms with van der Waals surface area (Å²) < 4.78 is 2.23. The minimum atomic E-state index is 0.218. The van der Waals surface area contributed by atoms with Crippen molar-refractivity contribution >= 4 is 5.91 Å². The molecule has 2 bridgehead atoms. The Labute approximate surface area is 161 Å². The molecule has 1 N–H and O–H groups in total. The Bertz CT molecular complexity index is 836. The van der Waals surface area contributed by atoms with Gasteiger partial charge < -0.3 is 14.5 Å². The van der Waals surface area contributed by atoms with Crippen LogP contribution in [0.5, 0.6) is 0 Å². The number of aromatic amines is 1. The van der Waals surface area contributed by atoms with Crippen molar-refractivity contribution in [3.63, 3.8) is 0 Å². The number of aromatic nitrogens is 3. The molecule has 5 rings (SSSR count). The highest BCUT2D eigenvalue weighted by atomic mass is 16.2. The Morgan fingerprint density at radius 3 is 2.70 bits per heavy atom. The molecule has 2 aromatic rings. The summed E-state index contributed by atoms with van der Waals surface area (Å²) in [6, 6.07) is 2.38. The van der Waals surface area contributed by atoms with Gasteiger partial charge in [0.05, 0.1) is 17.6 Å². The number of fused-ring (bicyclic) bond motifs is 4. The third-order valence-corrected chi connectivity index (χ3v) is 6.48. The van der Waals surface area contributed by atoms with E-state index in [0.29, 0.717) is 12.0 Å². The molecule has 2 aromatic heterocycles. The van der Waals surface area contributed by atoms with E-state index in [1.165, 1.54) is 12.1 Å². The summed E-state index contributed by atoms with van der Waals surface area (Å²) in [5.41, 5.74) is 5.43. The summed E-state index contributed by atoms with van der Waals surface area (Å²) in [4.78, 5) is 25.7. The first-order chi connectivity index (χ1) is 13.0. The van der Waals surface area contributed by atoms with E-state index in [-0.39, 0.29) is 5.91 Å². The fraction of sp³-hybridized carbons (Fsp3) is 0.619. The quantitative estimate of drug-likeness (QED) is 0.902. The topological polar surface area (TPSA) is 57.2 Å². The first-order valence-corrected chi connectivity index (χ1v) is 10.2. The van der Waals surface area contributed by atoms with Crippen molar-refractivity contribution in [2.45, 2.75) is 59.7 Å². The summed E-state index contributed by atoms with van der Waals surface area (Å²) in [5, 5.41) is 0. The highest BCUT2D eigenvalue weighted by Gasteiger charge is 2.38. The lowest BCUT2D eigenvalue weighted by Crippen LogP contribution is -2.47. The number of piperidine rings is 1. The van der Waals surface area contributed by atoms with Gasteiger partial charge in [-0.2, -0.15) is 0 Å². The van der Waals surface area contributed by atoms with Gasteiger partial charge in [-0.3, -0.25) is 9.69 Å². The van der Waals surface area contributed by atoms with E-state index in [1.54, 1.807) is 6.33 Å². The number of imidazole rings is 1. The van der Waals surface area contributed by atoms with Gasteiger partial charge in [-0.25, -0.2) is 4.98 Å². The van der Waals surface area contributed by atoms with Crippen molar-refractivity contribution in [2.24, 2.45) is 5.92 Å². The fourth-order valence-electron chi connectivity index (χ4n) is 4.97. The van der Waals surface area contributed by atoms with Crippen LogP contribution >= 0.6 is 0 Å². The van der Waals surface area contributed by atoms with Crippen LogP contribution in [0.15, 0.2) is 12.4 Å².